The number of aromatic amines is 1. The summed E-state index contributed by atoms with van der Waals surface area (Å²) in [6.45, 7) is 0. The van der Waals surface area contributed by atoms with Crippen LogP contribution >= 0.6 is 11.8 Å². The van der Waals surface area contributed by atoms with Crippen LogP contribution in [0.15, 0.2) is 23.4 Å². The number of methoxy groups -OCH3 is 2. The van der Waals surface area contributed by atoms with Gasteiger partial charge in [0.1, 0.15) is 5.69 Å². The summed E-state index contributed by atoms with van der Waals surface area (Å²) in [4.78, 5) is 12.6. The molecule has 1 aliphatic carbocycles. The van der Waals surface area contributed by atoms with Crippen molar-refractivity contribution in [1.82, 2.24) is 25.1 Å². The molecule has 3 N–H and O–H groups in total. The highest BCUT2D eigenvalue weighted by atomic mass is 32.2. The Labute approximate surface area is 165 Å². The summed E-state index contributed by atoms with van der Waals surface area (Å²) >= 11 is 1.23. The number of Topliss-reactive ketones (excluding diaryl/α,β-unsaturated/α-hetero) is 1. The molecule has 0 atom stereocenters. The number of carbonyl (C=O) groups excluding carboxylic acids is 1. The molecule has 1 aliphatic rings. The maximum Gasteiger partial charge on any atom is 0.210 e. The lowest BCUT2D eigenvalue weighted by Gasteiger charge is -2.09. The van der Waals surface area contributed by atoms with Gasteiger partial charge in [0.2, 0.25) is 11.0 Å². The fourth-order valence-electron chi connectivity index (χ4n) is 3.26. The van der Waals surface area contributed by atoms with Crippen molar-refractivity contribution in [3.05, 3.63) is 35.0 Å². The van der Waals surface area contributed by atoms with Crippen LogP contribution in [0.25, 0.3) is 11.5 Å². The zero-order valence-electron chi connectivity index (χ0n) is 15.6. The quantitative estimate of drug-likeness (QED) is 0.350. The van der Waals surface area contributed by atoms with Gasteiger partial charge >= 0.3 is 0 Å². The maximum atomic E-state index is 12.6. The Balaban J connectivity index is 1.48. The van der Waals surface area contributed by atoms with Crippen LogP contribution in [-0.2, 0) is 12.8 Å². The summed E-state index contributed by atoms with van der Waals surface area (Å²) in [6, 6.07) is 5.07. The summed E-state index contributed by atoms with van der Waals surface area (Å²) in [5, 5.41) is 16.1. The van der Waals surface area contributed by atoms with E-state index in [1.54, 1.807) is 25.3 Å². The first kappa shape index (κ1) is 18.4. The van der Waals surface area contributed by atoms with Crippen LogP contribution in [0.2, 0.25) is 0 Å². The van der Waals surface area contributed by atoms with Gasteiger partial charge < -0.3 is 15.3 Å². The van der Waals surface area contributed by atoms with E-state index in [0.29, 0.717) is 28.0 Å². The molecule has 0 unspecified atom stereocenters. The number of hydrogen-bond donors (Lipinski definition) is 2. The number of ether oxygens (including phenoxy) is 2. The maximum absolute atomic E-state index is 12.6. The van der Waals surface area contributed by atoms with Crippen molar-refractivity contribution >= 4 is 17.5 Å². The zero-order valence-corrected chi connectivity index (χ0v) is 16.4. The predicted octanol–water partition coefficient (Wildman–Crippen LogP) is 1.86. The third kappa shape index (κ3) is 3.19. The SMILES string of the molecule is COc1ccc(C(=O)CSc2nnc(-c3n[nH]c4c3CCC4)n2N)cc1OC. The molecule has 0 radical (unpaired) electrons. The summed E-state index contributed by atoms with van der Waals surface area (Å²) in [5.74, 6) is 7.85. The summed E-state index contributed by atoms with van der Waals surface area (Å²) < 4.78 is 11.8. The standard InChI is InChI=1S/C18H20N6O3S/c1-26-14-7-6-10(8-15(14)27-2)13(25)9-28-18-23-22-17(24(18)19)16-11-4-3-5-12(11)20-21-16/h6-8H,3-5,9,19H2,1-2H3,(H,20,21). The second kappa shape index (κ2) is 7.55. The number of hydrogen-bond acceptors (Lipinski definition) is 8. The van der Waals surface area contributed by atoms with Gasteiger partial charge in [-0.25, -0.2) is 4.68 Å². The predicted molar refractivity (Wildman–Crippen MR) is 104 cm³/mol. The van der Waals surface area contributed by atoms with E-state index >= 15 is 0 Å². The van der Waals surface area contributed by atoms with Crippen molar-refractivity contribution < 1.29 is 14.3 Å². The molecule has 28 heavy (non-hydrogen) atoms. The van der Waals surface area contributed by atoms with Gasteiger partial charge in [-0.05, 0) is 37.5 Å². The first-order valence-electron chi connectivity index (χ1n) is 8.77. The topological polar surface area (TPSA) is 121 Å². The van der Waals surface area contributed by atoms with Crippen LogP contribution in [0.4, 0.5) is 0 Å². The fraction of sp³-hybridized carbons (Fsp3) is 0.333. The number of carbonyl (C=O) groups is 1. The molecular formula is C18H20N6O3S. The van der Waals surface area contributed by atoms with Crippen molar-refractivity contribution in [3.8, 4) is 23.0 Å². The Hall–Kier alpha value is -3.01. The minimum atomic E-state index is -0.0730. The molecular weight excluding hydrogens is 380 g/mol. The molecule has 0 saturated carbocycles. The van der Waals surface area contributed by atoms with Crippen molar-refractivity contribution in [2.75, 3.05) is 25.8 Å². The highest BCUT2D eigenvalue weighted by molar-refractivity contribution is 7.99. The highest BCUT2D eigenvalue weighted by Gasteiger charge is 2.24. The van der Waals surface area contributed by atoms with Crippen molar-refractivity contribution in [2.45, 2.75) is 24.4 Å². The van der Waals surface area contributed by atoms with E-state index in [-0.39, 0.29) is 11.5 Å². The first-order chi connectivity index (χ1) is 13.6. The number of thioether (sulfide) groups is 1. The molecule has 0 fully saturated rings. The molecule has 3 aromatic rings. The molecule has 0 aliphatic heterocycles. The third-order valence-electron chi connectivity index (χ3n) is 4.72. The van der Waals surface area contributed by atoms with Gasteiger partial charge in [0.05, 0.1) is 20.0 Å². The molecule has 146 valence electrons. The Morgan fingerprint density at radius 1 is 1.25 bits per heavy atom. The Kier molecular flexibility index (Phi) is 4.95. The lowest BCUT2D eigenvalue weighted by atomic mass is 10.1. The number of nitrogens with two attached hydrogens (primary N) is 1. The first-order valence-corrected chi connectivity index (χ1v) is 9.76. The molecule has 4 rings (SSSR count). The number of H-pyrrole nitrogens is 1. The molecule has 0 bridgehead atoms. The van der Waals surface area contributed by atoms with Crippen LogP contribution in [0.1, 0.15) is 28.0 Å². The van der Waals surface area contributed by atoms with Gasteiger partial charge in [0.25, 0.3) is 0 Å². The largest absolute Gasteiger partial charge is 0.493 e. The van der Waals surface area contributed by atoms with Crippen LogP contribution in [0.3, 0.4) is 0 Å². The van der Waals surface area contributed by atoms with E-state index in [1.165, 1.54) is 23.5 Å². The van der Waals surface area contributed by atoms with Crippen LogP contribution < -0.4 is 15.3 Å². The van der Waals surface area contributed by atoms with E-state index in [1.807, 2.05) is 0 Å². The number of nitrogens with zero attached hydrogens (tertiary/aromatic N) is 4. The number of aryl methyl sites for hydroxylation is 1. The summed E-state index contributed by atoms with van der Waals surface area (Å²) in [6.07, 6.45) is 3.04. The monoisotopic (exact) mass is 400 g/mol. The molecule has 0 saturated heterocycles. The number of ketones is 1. The van der Waals surface area contributed by atoms with Crippen molar-refractivity contribution in [1.29, 1.82) is 0 Å². The number of benzene rings is 1. The average Bonchev–Trinajstić information content (AvgIpc) is 3.42. The van der Waals surface area contributed by atoms with Gasteiger partial charge in [0, 0.05) is 16.8 Å². The van der Waals surface area contributed by atoms with Gasteiger partial charge in [-0.15, -0.1) is 10.2 Å². The van der Waals surface area contributed by atoms with Crippen LogP contribution in [0.5, 0.6) is 11.5 Å². The van der Waals surface area contributed by atoms with Crippen LogP contribution in [0, 0.1) is 0 Å². The van der Waals surface area contributed by atoms with E-state index in [0.717, 1.165) is 36.2 Å². The van der Waals surface area contributed by atoms with Gasteiger partial charge in [-0.1, -0.05) is 11.8 Å². The van der Waals surface area contributed by atoms with Crippen molar-refractivity contribution in [2.24, 2.45) is 0 Å². The number of nitrogen functional groups attached to an aromatic ring is 1. The molecule has 2 aromatic heterocycles. The second-order valence-corrected chi connectivity index (χ2v) is 7.28. The third-order valence-corrected chi connectivity index (χ3v) is 5.66. The minimum absolute atomic E-state index is 0.0730. The molecule has 10 heteroatoms. The molecule has 0 amide bonds. The summed E-state index contributed by atoms with van der Waals surface area (Å²) in [5.41, 5.74) is 3.55. The number of fused-ring (bicyclic) bond motifs is 1. The number of nitrogens with one attached hydrogen (secondary N) is 1. The Bertz CT molecular complexity index is 1030. The normalized spacial score (nSPS) is 12.8. The average molecular weight is 400 g/mol. The smallest absolute Gasteiger partial charge is 0.210 e. The zero-order chi connectivity index (χ0) is 19.7. The van der Waals surface area contributed by atoms with E-state index in [2.05, 4.69) is 20.4 Å². The molecule has 1 aromatic carbocycles. The molecule has 0 spiro atoms. The summed E-state index contributed by atoms with van der Waals surface area (Å²) in [7, 11) is 3.08. The number of aromatic nitrogens is 5. The van der Waals surface area contributed by atoms with Gasteiger partial charge in [0.15, 0.2) is 17.3 Å². The van der Waals surface area contributed by atoms with E-state index in [9.17, 15) is 4.79 Å². The Morgan fingerprint density at radius 2 is 2.07 bits per heavy atom. The highest BCUT2D eigenvalue weighted by Crippen LogP contribution is 2.31. The van der Waals surface area contributed by atoms with Crippen molar-refractivity contribution in [3.63, 3.8) is 0 Å². The lowest BCUT2D eigenvalue weighted by molar-refractivity contribution is 0.102. The molecule has 2 heterocycles. The second-order valence-electron chi connectivity index (χ2n) is 6.34. The van der Waals surface area contributed by atoms with E-state index < -0.39 is 0 Å². The fourth-order valence-corrected chi connectivity index (χ4v) is 4.02. The van der Waals surface area contributed by atoms with Gasteiger partial charge in [-0.2, -0.15) is 5.10 Å². The molecule has 9 nitrogen and oxygen atoms in total. The minimum Gasteiger partial charge on any atom is -0.493 e. The van der Waals surface area contributed by atoms with Gasteiger partial charge in [-0.3, -0.25) is 9.89 Å². The van der Waals surface area contributed by atoms with Crippen LogP contribution in [-0.4, -0.2) is 50.8 Å². The Morgan fingerprint density at radius 3 is 2.86 bits per heavy atom. The van der Waals surface area contributed by atoms with E-state index in [4.69, 9.17) is 15.3 Å². The number of rotatable bonds is 7. The lowest BCUT2D eigenvalue weighted by Crippen LogP contribution is -2.13.